The Bertz CT molecular complexity index is 299. The molecule has 0 aliphatic rings. The predicted octanol–water partition coefficient (Wildman–Crippen LogP) is 1.71. The van der Waals surface area contributed by atoms with Crippen LogP contribution in [0.15, 0.2) is 24.3 Å². The van der Waals surface area contributed by atoms with Crippen molar-refractivity contribution in [2.24, 2.45) is 11.7 Å². The van der Waals surface area contributed by atoms with Crippen LogP contribution in [0.1, 0.15) is 25.5 Å². The predicted molar refractivity (Wildman–Crippen MR) is 60.8 cm³/mol. The second-order valence-electron chi connectivity index (χ2n) is 3.96. The van der Waals surface area contributed by atoms with Crippen LogP contribution in [0.4, 0.5) is 0 Å². The number of benzene rings is 1. The fourth-order valence-electron chi connectivity index (χ4n) is 1.18. The summed E-state index contributed by atoms with van der Waals surface area (Å²) >= 11 is 0. The van der Waals surface area contributed by atoms with Crippen molar-refractivity contribution in [3.8, 4) is 5.75 Å². The van der Waals surface area contributed by atoms with Crippen molar-refractivity contribution in [3.05, 3.63) is 29.8 Å². The van der Waals surface area contributed by atoms with Gasteiger partial charge in [0.25, 0.3) is 0 Å². The topological polar surface area (TPSA) is 55.5 Å². The Hall–Kier alpha value is -1.06. The van der Waals surface area contributed by atoms with Crippen molar-refractivity contribution in [2.45, 2.75) is 19.9 Å². The van der Waals surface area contributed by atoms with Crippen molar-refractivity contribution in [1.82, 2.24) is 0 Å². The molecule has 0 aromatic heterocycles. The molecule has 0 heterocycles. The Balaban J connectivity index is 2.58. The highest BCUT2D eigenvalue weighted by Gasteiger charge is 2.03. The van der Waals surface area contributed by atoms with Gasteiger partial charge in [0.05, 0.1) is 6.61 Å². The highest BCUT2D eigenvalue weighted by molar-refractivity contribution is 5.30. The fraction of sp³-hybridized carbons (Fsp3) is 0.500. The van der Waals surface area contributed by atoms with Gasteiger partial charge in [-0.25, -0.2) is 0 Å². The molecule has 84 valence electrons. The van der Waals surface area contributed by atoms with Crippen LogP contribution in [0.3, 0.4) is 0 Å². The maximum Gasteiger partial charge on any atom is 0.119 e. The van der Waals surface area contributed by atoms with Gasteiger partial charge in [-0.05, 0) is 24.6 Å². The zero-order valence-corrected chi connectivity index (χ0v) is 9.31. The van der Waals surface area contributed by atoms with E-state index in [1.807, 2.05) is 38.1 Å². The molecular formula is C12H19NO2. The van der Waals surface area contributed by atoms with E-state index in [2.05, 4.69) is 0 Å². The lowest BCUT2D eigenvalue weighted by Gasteiger charge is -2.12. The lowest BCUT2D eigenvalue weighted by atomic mass is 10.1. The minimum atomic E-state index is 0.0174. The molecule has 0 saturated heterocycles. The normalized spacial score (nSPS) is 14.7. The molecule has 0 saturated carbocycles. The van der Waals surface area contributed by atoms with E-state index in [1.165, 1.54) is 0 Å². The molecule has 0 aliphatic carbocycles. The molecule has 0 fully saturated rings. The summed E-state index contributed by atoms with van der Waals surface area (Å²) in [7, 11) is 0. The number of rotatable bonds is 5. The molecular weight excluding hydrogens is 190 g/mol. The Kier molecular flexibility index (Phi) is 4.59. The van der Waals surface area contributed by atoms with Gasteiger partial charge in [0.15, 0.2) is 0 Å². The van der Waals surface area contributed by atoms with Gasteiger partial charge >= 0.3 is 0 Å². The number of hydrogen-bond donors (Lipinski definition) is 2. The molecule has 1 unspecified atom stereocenters. The van der Waals surface area contributed by atoms with E-state index in [-0.39, 0.29) is 18.6 Å². The second kappa shape index (κ2) is 5.73. The van der Waals surface area contributed by atoms with Crippen LogP contribution < -0.4 is 10.5 Å². The molecule has 0 amide bonds. The van der Waals surface area contributed by atoms with E-state index >= 15 is 0 Å². The highest BCUT2D eigenvalue weighted by atomic mass is 16.5. The number of aliphatic hydroxyl groups is 1. The first-order valence-electron chi connectivity index (χ1n) is 5.22. The SMILES string of the molecule is CC(CO)COc1cccc([C@H](C)N)c1. The van der Waals surface area contributed by atoms with E-state index < -0.39 is 0 Å². The monoisotopic (exact) mass is 209 g/mol. The first-order chi connectivity index (χ1) is 7.13. The zero-order valence-electron chi connectivity index (χ0n) is 9.31. The van der Waals surface area contributed by atoms with Gasteiger partial charge in [-0.15, -0.1) is 0 Å². The highest BCUT2D eigenvalue weighted by Crippen LogP contribution is 2.17. The van der Waals surface area contributed by atoms with Crippen LogP contribution in [-0.2, 0) is 0 Å². The van der Waals surface area contributed by atoms with Gasteiger partial charge in [0, 0.05) is 18.6 Å². The average Bonchev–Trinajstić information content (AvgIpc) is 2.26. The molecule has 1 aromatic rings. The van der Waals surface area contributed by atoms with Gasteiger partial charge in [0.2, 0.25) is 0 Å². The third kappa shape index (κ3) is 3.90. The molecule has 0 radical (unpaired) electrons. The van der Waals surface area contributed by atoms with E-state index in [4.69, 9.17) is 15.6 Å². The standard InChI is InChI=1S/C12H19NO2/c1-9(7-14)8-15-12-5-3-4-11(6-12)10(2)13/h3-6,9-10,14H,7-8,13H2,1-2H3/t9?,10-/m0/s1. The first kappa shape index (κ1) is 12.0. The minimum Gasteiger partial charge on any atom is -0.493 e. The van der Waals surface area contributed by atoms with Crippen LogP contribution >= 0.6 is 0 Å². The largest absolute Gasteiger partial charge is 0.493 e. The number of aliphatic hydroxyl groups excluding tert-OH is 1. The Labute approximate surface area is 90.9 Å². The number of nitrogens with two attached hydrogens (primary N) is 1. The molecule has 1 rings (SSSR count). The van der Waals surface area contributed by atoms with Gasteiger partial charge < -0.3 is 15.6 Å². The maximum atomic E-state index is 8.86. The summed E-state index contributed by atoms with van der Waals surface area (Å²) in [6, 6.07) is 7.76. The lowest BCUT2D eigenvalue weighted by molar-refractivity contribution is 0.174. The van der Waals surface area contributed by atoms with E-state index in [0.29, 0.717) is 6.61 Å². The van der Waals surface area contributed by atoms with Crippen LogP contribution in [0, 0.1) is 5.92 Å². The molecule has 3 N–H and O–H groups in total. The van der Waals surface area contributed by atoms with Crippen molar-refractivity contribution < 1.29 is 9.84 Å². The van der Waals surface area contributed by atoms with Crippen molar-refractivity contribution >= 4 is 0 Å². The van der Waals surface area contributed by atoms with Crippen LogP contribution in [0.5, 0.6) is 5.75 Å². The Morgan fingerprint density at radius 1 is 1.40 bits per heavy atom. The third-order valence-corrected chi connectivity index (χ3v) is 2.23. The summed E-state index contributed by atoms with van der Waals surface area (Å²) in [5, 5.41) is 8.86. The number of hydrogen-bond acceptors (Lipinski definition) is 3. The van der Waals surface area contributed by atoms with Gasteiger partial charge in [0.1, 0.15) is 5.75 Å². The van der Waals surface area contributed by atoms with Gasteiger partial charge in [-0.3, -0.25) is 0 Å². The summed E-state index contributed by atoms with van der Waals surface area (Å²) in [6.07, 6.45) is 0. The van der Waals surface area contributed by atoms with Gasteiger partial charge in [-0.1, -0.05) is 19.1 Å². The van der Waals surface area contributed by atoms with Crippen LogP contribution in [-0.4, -0.2) is 18.3 Å². The molecule has 2 atom stereocenters. The van der Waals surface area contributed by atoms with E-state index in [9.17, 15) is 0 Å². The molecule has 0 spiro atoms. The van der Waals surface area contributed by atoms with Crippen molar-refractivity contribution in [2.75, 3.05) is 13.2 Å². The summed E-state index contributed by atoms with van der Waals surface area (Å²) in [6.45, 7) is 4.55. The van der Waals surface area contributed by atoms with Crippen molar-refractivity contribution in [3.63, 3.8) is 0 Å². The average molecular weight is 209 g/mol. The second-order valence-corrected chi connectivity index (χ2v) is 3.96. The lowest BCUT2D eigenvalue weighted by Crippen LogP contribution is -2.12. The molecule has 0 aliphatic heterocycles. The molecule has 1 aromatic carbocycles. The molecule has 15 heavy (non-hydrogen) atoms. The Morgan fingerprint density at radius 2 is 2.13 bits per heavy atom. The van der Waals surface area contributed by atoms with E-state index in [1.54, 1.807) is 0 Å². The molecule has 3 heteroatoms. The maximum absolute atomic E-state index is 8.86. The Morgan fingerprint density at radius 3 is 2.73 bits per heavy atom. The van der Waals surface area contributed by atoms with Crippen LogP contribution in [0.25, 0.3) is 0 Å². The minimum absolute atomic E-state index is 0.0174. The third-order valence-electron chi connectivity index (χ3n) is 2.23. The first-order valence-corrected chi connectivity index (χ1v) is 5.22. The molecule has 3 nitrogen and oxygen atoms in total. The summed E-state index contributed by atoms with van der Waals surface area (Å²) < 4.78 is 5.53. The van der Waals surface area contributed by atoms with Crippen molar-refractivity contribution in [1.29, 1.82) is 0 Å². The summed E-state index contributed by atoms with van der Waals surface area (Å²) in [4.78, 5) is 0. The van der Waals surface area contributed by atoms with E-state index in [0.717, 1.165) is 11.3 Å². The quantitative estimate of drug-likeness (QED) is 0.776. The smallest absolute Gasteiger partial charge is 0.119 e. The van der Waals surface area contributed by atoms with Gasteiger partial charge in [-0.2, -0.15) is 0 Å². The fourth-order valence-corrected chi connectivity index (χ4v) is 1.18. The summed E-state index contributed by atoms with van der Waals surface area (Å²) in [5.41, 5.74) is 6.83. The summed E-state index contributed by atoms with van der Waals surface area (Å²) in [5.74, 6) is 0.967. The van der Waals surface area contributed by atoms with Crippen LogP contribution in [0.2, 0.25) is 0 Å². The number of ether oxygens (including phenoxy) is 1. The zero-order chi connectivity index (χ0) is 11.3. The molecule has 0 bridgehead atoms.